The standard InChI is InChI=1S/C16H22N2O4S2/c1-11-3-5-13(6-4-11)17-15(19)9-23-12(2)16(20)18-14-7-8-24(21,22)10-14/h3-6,12,14H,7-10H2,1-2H3,(H,17,19)(H,18,20). The Morgan fingerprint density at radius 2 is 1.96 bits per heavy atom. The van der Waals surface area contributed by atoms with Gasteiger partial charge in [-0.1, -0.05) is 17.7 Å². The Morgan fingerprint density at radius 3 is 2.54 bits per heavy atom. The van der Waals surface area contributed by atoms with E-state index < -0.39 is 15.1 Å². The number of rotatable bonds is 6. The average Bonchev–Trinajstić information content (AvgIpc) is 2.86. The fourth-order valence-corrected chi connectivity index (χ4v) is 4.70. The second kappa shape index (κ2) is 8.02. The van der Waals surface area contributed by atoms with E-state index in [1.807, 2.05) is 31.2 Å². The zero-order chi connectivity index (χ0) is 17.7. The van der Waals surface area contributed by atoms with Crippen LogP contribution in [0.1, 0.15) is 18.9 Å². The van der Waals surface area contributed by atoms with E-state index >= 15 is 0 Å². The van der Waals surface area contributed by atoms with Crippen molar-refractivity contribution in [2.75, 3.05) is 22.6 Å². The number of carbonyl (C=O) groups excluding carboxylic acids is 2. The number of amides is 2. The third-order valence-corrected chi connectivity index (χ3v) is 6.66. The van der Waals surface area contributed by atoms with Gasteiger partial charge in [0.15, 0.2) is 9.84 Å². The number of benzene rings is 1. The Balaban J connectivity index is 1.73. The van der Waals surface area contributed by atoms with Crippen LogP contribution in [-0.4, -0.2) is 48.8 Å². The van der Waals surface area contributed by atoms with Crippen molar-refractivity contribution in [2.24, 2.45) is 0 Å². The zero-order valence-corrected chi connectivity index (χ0v) is 15.4. The minimum Gasteiger partial charge on any atom is -0.351 e. The van der Waals surface area contributed by atoms with Crippen LogP contribution < -0.4 is 10.6 Å². The first-order valence-electron chi connectivity index (χ1n) is 7.74. The van der Waals surface area contributed by atoms with Crippen molar-refractivity contribution in [1.82, 2.24) is 5.32 Å². The molecule has 0 spiro atoms. The molecule has 2 amide bonds. The first-order chi connectivity index (χ1) is 11.2. The summed E-state index contributed by atoms with van der Waals surface area (Å²) < 4.78 is 22.8. The molecule has 1 aliphatic heterocycles. The van der Waals surface area contributed by atoms with Crippen molar-refractivity contribution < 1.29 is 18.0 Å². The predicted molar refractivity (Wildman–Crippen MR) is 96.9 cm³/mol. The molecule has 0 aliphatic carbocycles. The van der Waals surface area contributed by atoms with Gasteiger partial charge >= 0.3 is 0 Å². The molecule has 1 aromatic rings. The zero-order valence-electron chi connectivity index (χ0n) is 13.7. The Morgan fingerprint density at radius 1 is 1.29 bits per heavy atom. The fraction of sp³-hybridized carbons (Fsp3) is 0.500. The maximum atomic E-state index is 12.1. The highest BCUT2D eigenvalue weighted by molar-refractivity contribution is 8.01. The fourth-order valence-electron chi connectivity index (χ4n) is 2.34. The molecule has 2 rings (SSSR count). The lowest BCUT2D eigenvalue weighted by Crippen LogP contribution is -2.40. The summed E-state index contributed by atoms with van der Waals surface area (Å²) in [4.78, 5) is 24.0. The Labute approximate surface area is 146 Å². The van der Waals surface area contributed by atoms with Gasteiger partial charge in [0.25, 0.3) is 0 Å². The molecule has 0 saturated carbocycles. The Kier molecular flexibility index (Phi) is 6.28. The van der Waals surface area contributed by atoms with Gasteiger partial charge in [0.1, 0.15) is 0 Å². The highest BCUT2D eigenvalue weighted by atomic mass is 32.2. The normalized spacial score (nSPS) is 20.3. The minimum absolute atomic E-state index is 0.00400. The van der Waals surface area contributed by atoms with Crippen LogP contribution in [0.3, 0.4) is 0 Å². The Hall–Kier alpha value is -1.54. The van der Waals surface area contributed by atoms with Crippen LogP contribution in [0.2, 0.25) is 0 Å². The van der Waals surface area contributed by atoms with Crippen LogP contribution in [-0.2, 0) is 19.4 Å². The maximum absolute atomic E-state index is 12.1. The molecule has 2 atom stereocenters. The van der Waals surface area contributed by atoms with Crippen molar-refractivity contribution in [3.8, 4) is 0 Å². The number of hydrogen-bond donors (Lipinski definition) is 2. The molecule has 1 heterocycles. The third kappa shape index (κ3) is 5.83. The highest BCUT2D eigenvalue weighted by Crippen LogP contribution is 2.15. The summed E-state index contributed by atoms with van der Waals surface area (Å²) in [5, 5.41) is 5.10. The molecule has 1 aromatic carbocycles. The summed E-state index contributed by atoms with van der Waals surface area (Å²) >= 11 is 1.22. The molecule has 2 unspecified atom stereocenters. The highest BCUT2D eigenvalue weighted by Gasteiger charge is 2.30. The molecule has 2 N–H and O–H groups in total. The quantitative estimate of drug-likeness (QED) is 0.789. The van der Waals surface area contributed by atoms with Crippen LogP contribution in [0.5, 0.6) is 0 Å². The van der Waals surface area contributed by atoms with E-state index in [9.17, 15) is 18.0 Å². The van der Waals surface area contributed by atoms with Crippen LogP contribution in [0.4, 0.5) is 5.69 Å². The van der Waals surface area contributed by atoms with E-state index in [-0.39, 0.29) is 35.1 Å². The number of sulfone groups is 1. The number of carbonyl (C=O) groups is 2. The van der Waals surface area contributed by atoms with Gasteiger partial charge < -0.3 is 10.6 Å². The molecule has 1 saturated heterocycles. The van der Waals surface area contributed by atoms with Crippen molar-refractivity contribution in [2.45, 2.75) is 31.6 Å². The summed E-state index contributed by atoms with van der Waals surface area (Å²) in [6.45, 7) is 3.68. The third-order valence-electron chi connectivity index (χ3n) is 3.75. The van der Waals surface area contributed by atoms with Gasteiger partial charge in [-0.05, 0) is 32.4 Å². The van der Waals surface area contributed by atoms with Gasteiger partial charge in [0.2, 0.25) is 11.8 Å². The van der Waals surface area contributed by atoms with Crippen molar-refractivity contribution >= 4 is 39.1 Å². The lowest BCUT2D eigenvalue weighted by atomic mass is 10.2. The molecule has 0 bridgehead atoms. The largest absolute Gasteiger partial charge is 0.351 e. The van der Waals surface area contributed by atoms with E-state index in [1.54, 1.807) is 6.92 Å². The molecule has 6 nitrogen and oxygen atoms in total. The molecule has 132 valence electrons. The summed E-state index contributed by atoms with van der Waals surface area (Å²) in [5.74, 6) is -0.120. The van der Waals surface area contributed by atoms with Crippen LogP contribution in [0.15, 0.2) is 24.3 Å². The Bertz CT molecular complexity index is 701. The number of aryl methyl sites for hydroxylation is 1. The van der Waals surface area contributed by atoms with E-state index in [0.29, 0.717) is 6.42 Å². The average molecular weight is 370 g/mol. The first kappa shape index (κ1) is 18.8. The summed E-state index contributed by atoms with van der Waals surface area (Å²) in [6, 6.07) is 7.17. The van der Waals surface area contributed by atoms with Crippen LogP contribution in [0.25, 0.3) is 0 Å². The van der Waals surface area contributed by atoms with Gasteiger partial charge in [0, 0.05) is 11.7 Å². The molecule has 24 heavy (non-hydrogen) atoms. The van der Waals surface area contributed by atoms with Gasteiger partial charge in [-0.3, -0.25) is 9.59 Å². The van der Waals surface area contributed by atoms with Crippen molar-refractivity contribution in [3.05, 3.63) is 29.8 Å². The van der Waals surface area contributed by atoms with Crippen molar-refractivity contribution in [1.29, 1.82) is 0 Å². The molecule has 1 fully saturated rings. The van der Waals surface area contributed by atoms with E-state index in [1.165, 1.54) is 11.8 Å². The molecule has 8 heteroatoms. The first-order valence-corrected chi connectivity index (χ1v) is 10.6. The minimum atomic E-state index is -3.02. The van der Waals surface area contributed by atoms with Gasteiger partial charge in [0.05, 0.1) is 22.5 Å². The maximum Gasteiger partial charge on any atom is 0.234 e. The number of nitrogens with one attached hydrogen (secondary N) is 2. The van der Waals surface area contributed by atoms with E-state index in [0.717, 1.165) is 11.3 Å². The number of thioether (sulfide) groups is 1. The predicted octanol–water partition coefficient (Wildman–Crippen LogP) is 1.36. The van der Waals surface area contributed by atoms with Crippen molar-refractivity contribution in [3.63, 3.8) is 0 Å². The van der Waals surface area contributed by atoms with E-state index in [4.69, 9.17) is 0 Å². The summed E-state index contributed by atoms with van der Waals surface area (Å²) in [7, 11) is -3.02. The lowest BCUT2D eigenvalue weighted by molar-refractivity contribution is -0.120. The molecule has 0 aromatic heterocycles. The molecule has 1 aliphatic rings. The van der Waals surface area contributed by atoms with Gasteiger partial charge in [-0.2, -0.15) is 0 Å². The molecule has 0 radical (unpaired) electrons. The lowest BCUT2D eigenvalue weighted by Gasteiger charge is -2.15. The molecular formula is C16H22N2O4S2. The van der Waals surface area contributed by atoms with E-state index in [2.05, 4.69) is 10.6 Å². The van der Waals surface area contributed by atoms with Crippen LogP contribution >= 0.6 is 11.8 Å². The summed E-state index contributed by atoms with van der Waals surface area (Å²) in [5.41, 5.74) is 1.83. The number of anilines is 1. The molecular weight excluding hydrogens is 348 g/mol. The topological polar surface area (TPSA) is 92.3 Å². The second-order valence-electron chi connectivity index (χ2n) is 5.98. The monoisotopic (exact) mass is 370 g/mol. The number of hydrogen-bond acceptors (Lipinski definition) is 5. The van der Waals surface area contributed by atoms with Crippen LogP contribution in [0, 0.1) is 6.92 Å². The van der Waals surface area contributed by atoms with Gasteiger partial charge in [-0.25, -0.2) is 8.42 Å². The summed E-state index contributed by atoms with van der Waals surface area (Å²) in [6.07, 6.45) is 0.458. The smallest absolute Gasteiger partial charge is 0.234 e. The van der Waals surface area contributed by atoms with Gasteiger partial charge in [-0.15, -0.1) is 11.8 Å². The SMILES string of the molecule is Cc1ccc(NC(=O)CSC(C)C(=O)NC2CCS(=O)(=O)C2)cc1. The second-order valence-corrected chi connectivity index (χ2v) is 9.53.